The maximum absolute atomic E-state index is 10.8. The topological polar surface area (TPSA) is 47.6 Å². The highest BCUT2D eigenvalue weighted by atomic mass is 33.1. The van der Waals surface area contributed by atoms with E-state index in [9.17, 15) is 4.79 Å². The van der Waals surface area contributed by atoms with Gasteiger partial charge < -0.3 is 9.47 Å². The number of hydrogen-bond acceptors (Lipinski definition) is 6. The lowest BCUT2D eigenvalue weighted by atomic mass is 10.3. The number of ether oxygens (including phenoxy) is 2. The van der Waals surface area contributed by atoms with E-state index >= 15 is 0 Å². The molecule has 15 heavy (non-hydrogen) atoms. The van der Waals surface area contributed by atoms with Crippen molar-refractivity contribution in [1.29, 1.82) is 0 Å². The normalized spacial score (nSPS) is 10.5. The minimum Gasteiger partial charge on any atom is -0.380 e. The van der Waals surface area contributed by atoms with Crippen molar-refractivity contribution in [2.45, 2.75) is 19.8 Å². The van der Waals surface area contributed by atoms with Gasteiger partial charge in [0.25, 0.3) is 0 Å². The average molecular weight is 253 g/mol. The summed E-state index contributed by atoms with van der Waals surface area (Å²) in [5, 5.41) is 0. The van der Waals surface area contributed by atoms with Gasteiger partial charge in [-0.3, -0.25) is 9.52 Å². The molecule has 0 aromatic carbocycles. The Hall–Kier alpha value is 0.250. The predicted molar refractivity (Wildman–Crippen MR) is 66.1 cm³/mol. The number of ketones is 1. The molecule has 0 unspecified atom stereocenters. The molecule has 1 N–H and O–H groups in total. The quantitative estimate of drug-likeness (QED) is 0.253. The second-order valence-electron chi connectivity index (χ2n) is 2.90. The average Bonchev–Trinajstić information content (AvgIpc) is 2.26. The summed E-state index contributed by atoms with van der Waals surface area (Å²) in [4.78, 5) is 10.8. The summed E-state index contributed by atoms with van der Waals surface area (Å²) in [6, 6.07) is 0. The fourth-order valence-corrected chi connectivity index (χ4v) is 1.26. The Kier molecular flexibility index (Phi) is 12.5. The zero-order valence-corrected chi connectivity index (χ0v) is 10.7. The molecule has 0 spiro atoms. The SMILES string of the molecule is CCC(=O)COCCCOCCNSS. The summed E-state index contributed by atoms with van der Waals surface area (Å²) < 4.78 is 13.4. The van der Waals surface area contributed by atoms with E-state index in [2.05, 4.69) is 16.4 Å². The van der Waals surface area contributed by atoms with Crippen molar-refractivity contribution in [2.24, 2.45) is 0 Å². The van der Waals surface area contributed by atoms with Gasteiger partial charge in [0.15, 0.2) is 5.78 Å². The van der Waals surface area contributed by atoms with Crippen LogP contribution < -0.4 is 4.72 Å². The second-order valence-corrected chi connectivity index (χ2v) is 3.92. The van der Waals surface area contributed by atoms with Gasteiger partial charge in [-0.05, 0) is 17.4 Å². The first kappa shape index (κ1) is 15.2. The summed E-state index contributed by atoms with van der Waals surface area (Å²) in [6.45, 7) is 4.76. The summed E-state index contributed by atoms with van der Waals surface area (Å²) in [7, 11) is 1.28. The molecule has 4 nitrogen and oxygen atoms in total. The minimum absolute atomic E-state index is 0.144. The van der Waals surface area contributed by atoms with Gasteiger partial charge in [-0.1, -0.05) is 18.6 Å². The van der Waals surface area contributed by atoms with E-state index in [-0.39, 0.29) is 12.4 Å². The number of carbonyl (C=O) groups is 1. The van der Waals surface area contributed by atoms with Gasteiger partial charge in [0.1, 0.15) is 6.61 Å². The lowest BCUT2D eigenvalue weighted by Gasteiger charge is -2.04. The van der Waals surface area contributed by atoms with Crippen LogP contribution in [0.25, 0.3) is 0 Å². The van der Waals surface area contributed by atoms with Crippen LogP contribution >= 0.6 is 22.6 Å². The molecular weight excluding hydrogens is 234 g/mol. The van der Waals surface area contributed by atoms with Gasteiger partial charge in [-0.2, -0.15) is 0 Å². The molecule has 0 aliphatic rings. The number of thiol groups is 1. The highest BCUT2D eigenvalue weighted by Gasteiger charge is 1.97. The van der Waals surface area contributed by atoms with Crippen LogP contribution in [0.4, 0.5) is 0 Å². The van der Waals surface area contributed by atoms with Gasteiger partial charge in [0.2, 0.25) is 0 Å². The molecule has 90 valence electrons. The van der Waals surface area contributed by atoms with Crippen LogP contribution in [0, 0.1) is 0 Å². The fraction of sp³-hybridized carbons (Fsp3) is 0.889. The van der Waals surface area contributed by atoms with Gasteiger partial charge in [-0.15, -0.1) is 0 Å². The molecular formula is C9H19NO3S2. The maximum atomic E-state index is 10.8. The molecule has 0 rings (SSSR count). The third kappa shape index (κ3) is 12.2. The standard InChI is InChI=1S/C9H19NO3S2/c1-2-9(11)8-13-6-3-5-12-7-4-10-15-14/h10,14H,2-8H2,1H3. The summed E-state index contributed by atoms with van der Waals surface area (Å²) in [5.74, 6) is 0.144. The second kappa shape index (κ2) is 12.3. The molecule has 0 aliphatic carbocycles. The van der Waals surface area contributed by atoms with E-state index in [1.165, 1.54) is 11.0 Å². The zero-order valence-electron chi connectivity index (χ0n) is 9.03. The Bertz CT molecular complexity index is 158. The lowest BCUT2D eigenvalue weighted by molar-refractivity contribution is -0.123. The van der Waals surface area contributed by atoms with E-state index in [1.54, 1.807) is 0 Å². The van der Waals surface area contributed by atoms with E-state index in [0.717, 1.165) is 13.0 Å². The molecule has 0 saturated carbocycles. The maximum Gasteiger partial charge on any atom is 0.158 e. The van der Waals surface area contributed by atoms with Crippen molar-refractivity contribution < 1.29 is 14.3 Å². The predicted octanol–water partition coefficient (Wildman–Crippen LogP) is 1.47. The number of carbonyl (C=O) groups excluding carboxylic acids is 1. The molecule has 0 radical (unpaired) electrons. The Morgan fingerprint density at radius 3 is 2.73 bits per heavy atom. The van der Waals surface area contributed by atoms with Gasteiger partial charge >= 0.3 is 0 Å². The van der Waals surface area contributed by atoms with Crippen LogP contribution in [0.3, 0.4) is 0 Å². The van der Waals surface area contributed by atoms with E-state index < -0.39 is 0 Å². The molecule has 0 fully saturated rings. The molecule has 0 aromatic rings. The van der Waals surface area contributed by atoms with Crippen molar-refractivity contribution in [2.75, 3.05) is 33.0 Å². The van der Waals surface area contributed by atoms with Gasteiger partial charge in [-0.25, -0.2) is 0 Å². The van der Waals surface area contributed by atoms with Crippen molar-refractivity contribution >= 4 is 28.4 Å². The van der Waals surface area contributed by atoms with Gasteiger partial charge in [0, 0.05) is 26.2 Å². The molecule has 0 bridgehead atoms. The van der Waals surface area contributed by atoms with Crippen LogP contribution in [0.15, 0.2) is 0 Å². The number of nitrogens with one attached hydrogen (secondary N) is 1. The number of Topliss-reactive ketones (excluding diaryl/α,β-unsaturated/α-hetero) is 1. The fourth-order valence-electron chi connectivity index (χ4n) is 0.813. The van der Waals surface area contributed by atoms with E-state index in [1.807, 2.05) is 6.92 Å². The monoisotopic (exact) mass is 253 g/mol. The third-order valence-electron chi connectivity index (χ3n) is 1.65. The first-order valence-corrected chi connectivity index (χ1v) is 6.88. The Labute approximate surface area is 100 Å². The zero-order chi connectivity index (χ0) is 11.4. The molecule has 0 aliphatic heterocycles. The summed E-state index contributed by atoms with van der Waals surface area (Å²) >= 11 is 3.92. The van der Waals surface area contributed by atoms with Gasteiger partial charge in [0.05, 0.1) is 6.61 Å². The molecule has 0 heterocycles. The molecule has 0 aromatic heterocycles. The Balaban J connectivity index is 2.95. The Morgan fingerprint density at radius 1 is 1.33 bits per heavy atom. The lowest BCUT2D eigenvalue weighted by Crippen LogP contribution is -2.13. The largest absolute Gasteiger partial charge is 0.380 e. The van der Waals surface area contributed by atoms with E-state index in [0.29, 0.717) is 26.2 Å². The summed E-state index contributed by atoms with van der Waals surface area (Å²) in [5.41, 5.74) is 0. The minimum atomic E-state index is 0.144. The summed E-state index contributed by atoms with van der Waals surface area (Å²) in [6.07, 6.45) is 1.37. The molecule has 6 heteroatoms. The van der Waals surface area contributed by atoms with Crippen molar-refractivity contribution in [3.8, 4) is 0 Å². The number of rotatable bonds is 11. The highest BCUT2D eigenvalue weighted by molar-refractivity contribution is 8.67. The molecule has 0 saturated heterocycles. The van der Waals surface area contributed by atoms with Crippen molar-refractivity contribution in [3.05, 3.63) is 0 Å². The first-order valence-electron chi connectivity index (χ1n) is 5.01. The smallest absolute Gasteiger partial charge is 0.158 e. The van der Waals surface area contributed by atoms with Crippen LogP contribution in [-0.2, 0) is 14.3 Å². The van der Waals surface area contributed by atoms with Crippen molar-refractivity contribution in [1.82, 2.24) is 4.72 Å². The van der Waals surface area contributed by atoms with Crippen LogP contribution in [-0.4, -0.2) is 38.8 Å². The molecule has 0 atom stereocenters. The highest BCUT2D eigenvalue weighted by Crippen LogP contribution is 1.95. The van der Waals surface area contributed by atoms with Crippen molar-refractivity contribution in [3.63, 3.8) is 0 Å². The van der Waals surface area contributed by atoms with Crippen LogP contribution in [0.5, 0.6) is 0 Å². The molecule has 0 amide bonds. The number of hydrogen-bond donors (Lipinski definition) is 2. The third-order valence-corrected chi connectivity index (χ3v) is 2.37. The van der Waals surface area contributed by atoms with E-state index in [4.69, 9.17) is 9.47 Å². The first-order chi connectivity index (χ1) is 7.31. The Morgan fingerprint density at radius 2 is 2.07 bits per heavy atom. The van der Waals surface area contributed by atoms with Crippen LogP contribution in [0.2, 0.25) is 0 Å². The van der Waals surface area contributed by atoms with Crippen LogP contribution in [0.1, 0.15) is 19.8 Å².